The van der Waals surface area contributed by atoms with E-state index in [0.29, 0.717) is 11.2 Å². The van der Waals surface area contributed by atoms with Crippen molar-refractivity contribution in [2.24, 2.45) is 0 Å². The smallest absolute Gasteiger partial charge is 0.243 e. The zero-order valence-corrected chi connectivity index (χ0v) is 13.9. The van der Waals surface area contributed by atoms with Crippen molar-refractivity contribution < 1.29 is 4.79 Å². The van der Waals surface area contributed by atoms with Crippen LogP contribution in [0.3, 0.4) is 0 Å². The molecule has 2 aliphatic heterocycles. The minimum Gasteiger partial charge on any atom is -0.324 e. The van der Waals surface area contributed by atoms with Gasteiger partial charge < -0.3 is 4.90 Å². The maximum Gasteiger partial charge on any atom is 0.243 e. The molecule has 2 fully saturated rings. The van der Waals surface area contributed by atoms with Gasteiger partial charge in [0, 0.05) is 29.1 Å². The first-order valence-corrected chi connectivity index (χ1v) is 9.59. The first-order valence-electron chi connectivity index (χ1n) is 7.39. The first-order chi connectivity index (χ1) is 9.10. The number of nitrogens with zero attached hydrogens (tertiary/aromatic N) is 1. The van der Waals surface area contributed by atoms with Crippen LogP contribution in [0.25, 0.3) is 0 Å². The van der Waals surface area contributed by atoms with E-state index in [4.69, 9.17) is 0 Å². The molecule has 3 nitrogen and oxygen atoms in total. The van der Waals surface area contributed by atoms with Gasteiger partial charge in [0.1, 0.15) is 0 Å². The van der Waals surface area contributed by atoms with Gasteiger partial charge in [0.15, 0.2) is 0 Å². The molecule has 0 aromatic rings. The zero-order chi connectivity index (χ0) is 13.9. The predicted octanol–water partition coefficient (Wildman–Crippen LogP) is 2.56. The molecule has 19 heavy (non-hydrogen) atoms. The second-order valence-electron chi connectivity index (χ2n) is 5.66. The molecule has 5 heteroatoms. The molecule has 0 spiro atoms. The van der Waals surface area contributed by atoms with Gasteiger partial charge in [-0.3, -0.25) is 10.1 Å². The lowest BCUT2D eigenvalue weighted by Crippen LogP contribution is -2.44. The van der Waals surface area contributed by atoms with Gasteiger partial charge in [-0.15, -0.1) is 0 Å². The lowest BCUT2D eigenvalue weighted by Gasteiger charge is -2.30. The van der Waals surface area contributed by atoms with Gasteiger partial charge in [0.25, 0.3) is 0 Å². The fourth-order valence-corrected chi connectivity index (χ4v) is 5.46. The van der Waals surface area contributed by atoms with E-state index in [1.807, 2.05) is 23.5 Å². The Kier molecular flexibility index (Phi) is 5.49. The van der Waals surface area contributed by atoms with Crippen LogP contribution in [0.5, 0.6) is 0 Å². The largest absolute Gasteiger partial charge is 0.324 e. The van der Waals surface area contributed by atoms with Crippen LogP contribution >= 0.6 is 23.5 Å². The third-order valence-electron chi connectivity index (χ3n) is 4.15. The van der Waals surface area contributed by atoms with Gasteiger partial charge >= 0.3 is 0 Å². The summed E-state index contributed by atoms with van der Waals surface area (Å²) in [5.74, 6) is 3.99. The van der Waals surface area contributed by atoms with E-state index in [0.717, 1.165) is 25.8 Å². The van der Waals surface area contributed by atoms with Gasteiger partial charge in [-0.05, 0) is 19.8 Å². The second-order valence-corrected chi connectivity index (χ2v) is 8.22. The Bertz CT molecular complexity index is 321. The summed E-state index contributed by atoms with van der Waals surface area (Å²) in [6.45, 7) is 7.27. The molecule has 0 radical (unpaired) electrons. The Morgan fingerprint density at radius 1 is 1.42 bits per heavy atom. The molecule has 2 saturated heterocycles. The molecule has 0 bridgehead atoms. The molecule has 1 N–H and O–H groups in total. The quantitative estimate of drug-likeness (QED) is 0.846. The van der Waals surface area contributed by atoms with Crippen LogP contribution in [0.1, 0.15) is 40.0 Å². The van der Waals surface area contributed by atoms with Crippen LogP contribution in [-0.2, 0) is 4.79 Å². The standard InChI is InChI=1S/C14H26N2OS2/c1-4-6-12-15-14(3,5-2)13(17)16(12)9-11-10-18-7-8-19-11/h11-12,15H,4-10H2,1-3H3. The van der Waals surface area contributed by atoms with Crippen LogP contribution in [0.2, 0.25) is 0 Å². The molecule has 2 heterocycles. The third kappa shape index (κ3) is 3.42. The monoisotopic (exact) mass is 302 g/mol. The number of carbonyl (C=O) groups excluding carboxylic acids is 1. The van der Waals surface area contributed by atoms with E-state index in [9.17, 15) is 4.79 Å². The van der Waals surface area contributed by atoms with E-state index < -0.39 is 0 Å². The van der Waals surface area contributed by atoms with E-state index in [1.54, 1.807) is 0 Å². The molecule has 2 rings (SSSR count). The van der Waals surface area contributed by atoms with Gasteiger partial charge in [0.2, 0.25) is 5.91 Å². The van der Waals surface area contributed by atoms with Crippen LogP contribution < -0.4 is 5.32 Å². The fraction of sp³-hybridized carbons (Fsp3) is 0.929. The molecule has 0 saturated carbocycles. The van der Waals surface area contributed by atoms with Crippen molar-refractivity contribution in [1.82, 2.24) is 10.2 Å². The maximum absolute atomic E-state index is 12.7. The first kappa shape index (κ1) is 15.5. The van der Waals surface area contributed by atoms with Crippen molar-refractivity contribution in [2.75, 3.05) is 23.8 Å². The van der Waals surface area contributed by atoms with Crippen LogP contribution in [-0.4, -0.2) is 51.6 Å². The summed E-state index contributed by atoms with van der Waals surface area (Å²) >= 11 is 4.07. The molecular formula is C14H26N2OS2. The summed E-state index contributed by atoms with van der Waals surface area (Å²) in [4.78, 5) is 14.8. The summed E-state index contributed by atoms with van der Waals surface area (Å²) < 4.78 is 0. The minimum absolute atomic E-state index is 0.245. The predicted molar refractivity (Wildman–Crippen MR) is 85.8 cm³/mol. The molecule has 3 atom stereocenters. The maximum atomic E-state index is 12.7. The van der Waals surface area contributed by atoms with Crippen LogP contribution in [0.4, 0.5) is 0 Å². The fourth-order valence-electron chi connectivity index (χ4n) is 2.79. The highest BCUT2D eigenvalue weighted by molar-refractivity contribution is 8.06. The van der Waals surface area contributed by atoms with Crippen molar-refractivity contribution in [2.45, 2.75) is 57.0 Å². The Balaban J connectivity index is 2.04. The van der Waals surface area contributed by atoms with Crippen molar-refractivity contribution in [3.8, 4) is 0 Å². The van der Waals surface area contributed by atoms with Gasteiger partial charge in [-0.25, -0.2) is 0 Å². The van der Waals surface area contributed by atoms with Gasteiger partial charge in [-0.1, -0.05) is 20.3 Å². The Morgan fingerprint density at radius 3 is 2.79 bits per heavy atom. The summed E-state index contributed by atoms with van der Waals surface area (Å²) in [6.07, 6.45) is 3.30. The Labute approximate surface area is 125 Å². The topological polar surface area (TPSA) is 32.3 Å². The number of hydrogen-bond acceptors (Lipinski definition) is 4. The van der Waals surface area contributed by atoms with E-state index in [2.05, 4.69) is 31.0 Å². The van der Waals surface area contributed by atoms with Crippen molar-refractivity contribution in [3.05, 3.63) is 0 Å². The summed E-state index contributed by atoms with van der Waals surface area (Å²) in [6, 6.07) is 0. The lowest BCUT2D eigenvalue weighted by molar-refractivity contribution is -0.132. The molecule has 0 aromatic carbocycles. The Morgan fingerprint density at radius 2 is 2.21 bits per heavy atom. The van der Waals surface area contributed by atoms with Crippen LogP contribution in [0, 0.1) is 0 Å². The summed E-state index contributed by atoms with van der Waals surface area (Å²) in [5, 5.41) is 4.18. The van der Waals surface area contributed by atoms with Crippen molar-refractivity contribution in [3.63, 3.8) is 0 Å². The molecule has 3 unspecified atom stereocenters. The number of rotatable bonds is 5. The third-order valence-corrected chi connectivity index (χ3v) is 6.98. The molecule has 110 valence electrons. The number of nitrogens with one attached hydrogen (secondary N) is 1. The van der Waals surface area contributed by atoms with Crippen LogP contribution in [0.15, 0.2) is 0 Å². The highest BCUT2D eigenvalue weighted by Crippen LogP contribution is 2.30. The molecule has 1 amide bonds. The molecule has 2 aliphatic rings. The Hall–Kier alpha value is 0.130. The van der Waals surface area contributed by atoms with Gasteiger partial charge in [-0.2, -0.15) is 23.5 Å². The van der Waals surface area contributed by atoms with Crippen molar-refractivity contribution in [1.29, 1.82) is 0 Å². The zero-order valence-electron chi connectivity index (χ0n) is 12.3. The van der Waals surface area contributed by atoms with Gasteiger partial charge in [0.05, 0.1) is 11.7 Å². The normalized spacial score (nSPS) is 35.9. The van der Waals surface area contributed by atoms with E-state index in [1.165, 1.54) is 17.3 Å². The number of thioether (sulfide) groups is 2. The summed E-state index contributed by atoms with van der Waals surface area (Å²) in [5.41, 5.74) is -0.341. The average molecular weight is 303 g/mol. The van der Waals surface area contributed by atoms with Crippen molar-refractivity contribution >= 4 is 29.4 Å². The van der Waals surface area contributed by atoms with E-state index in [-0.39, 0.29) is 11.7 Å². The number of amides is 1. The molecular weight excluding hydrogens is 276 g/mol. The minimum atomic E-state index is -0.341. The number of carbonyl (C=O) groups is 1. The SMILES string of the molecule is CCCC1NC(C)(CC)C(=O)N1CC1CSCCS1. The van der Waals surface area contributed by atoms with E-state index >= 15 is 0 Å². The second kappa shape index (κ2) is 6.72. The molecule has 0 aromatic heterocycles. The number of hydrogen-bond donors (Lipinski definition) is 1. The highest BCUT2D eigenvalue weighted by Gasteiger charge is 2.46. The lowest BCUT2D eigenvalue weighted by atomic mass is 9.99. The molecule has 0 aliphatic carbocycles. The average Bonchev–Trinajstić information content (AvgIpc) is 2.66. The highest BCUT2D eigenvalue weighted by atomic mass is 32.2. The summed E-state index contributed by atoms with van der Waals surface area (Å²) in [7, 11) is 0.